The Bertz CT molecular complexity index is 708. The van der Waals surface area contributed by atoms with Crippen LogP contribution in [-0.2, 0) is 11.3 Å². The second kappa shape index (κ2) is 10.3. The minimum Gasteiger partial charge on any atom is -0.486 e. The van der Waals surface area contributed by atoms with Crippen LogP contribution in [-0.4, -0.2) is 80.7 Å². The molecule has 3 N–H and O–H groups in total. The third-order valence-electron chi connectivity index (χ3n) is 4.73. The average molecular weight is 427 g/mol. The molecule has 0 aromatic heterocycles. The molecule has 3 rings (SSSR count). The Balaban J connectivity index is 1.58. The van der Waals surface area contributed by atoms with E-state index in [9.17, 15) is 5.11 Å². The highest BCUT2D eigenvalue weighted by atomic mass is 35.5. The number of guanidine groups is 1. The zero-order valence-electron chi connectivity index (χ0n) is 17.2. The van der Waals surface area contributed by atoms with E-state index in [0.717, 1.165) is 25.2 Å². The molecular weight excluding hydrogens is 396 g/mol. The number of ether oxygens (including phenoxy) is 3. The maximum Gasteiger partial charge on any atom is 0.191 e. The van der Waals surface area contributed by atoms with Gasteiger partial charge < -0.3 is 30.0 Å². The van der Waals surface area contributed by atoms with Gasteiger partial charge in [-0.2, -0.15) is 0 Å². The zero-order chi connectivity index (χ0) is 20.7. The molecule has 1 saturated heterocycles. The summed E-state index contributed by atoms with van der Waals surface area (Å²) in [5, 5.41) is 17.7. The Morgan fingerprint density at radius 3 is 2.72 bits per heavy atom. The predicted molar refractivity (Wildman–Crippen MR) is 113 cm³/mol. The topological polar surface area (TPSA) is 87.6 Å². The van der Waals surface area contributed by atoms with Gasteiger partial charge in [-0.15, -0.1) is 0 Å². The minimum atomic E-state index is -0.881. The number of morpholine rings is 1. The van der Waals surface area contributed by atoms with E-state index in [1.807, 2.05) is 26.0 Å². The van der Waals surface area contributed by atoms with Crippen LogP contribution in [0.1, 0.15) is 19.4 Å². The molecule has 2 aliphatic heterocycles. The van der Waals surface area contributed by atoms with Crippen LogP contribution in [0.4, 0.5) is 0 Å². The van der Waals surface area contributed by atoms with E-state index in [1.54, 1.807) is 0 Å². The Morgan fingerprint density at radius 2 is 1.97 bits per heavy atom. The van der Waals surface area contributed by atoms with Crippen LogP contribution in [0.15, 0.2) is 17.1 Å². The molecule has 1 aromatic rings. The summed E-state index contributed by atoms with van der Waals surface area (Å²) in [6.45, 7) is 10.1. The highest BCUT2D eigenvalue weighted by molar-refractivity contribution is 6.32. The summed E-state index contributed by atoms with van der Waals surface area (Å²) in [6.07, 6.45) is 0. The first kappa shape index (κ1) is 22.0. The van der Waals surface area contributed by atoms with Crippen molar-refractivity contribution in [3.05, 3.63) is 22.7 Å². The van der Waals surface area contributed by atoms with E-state index in [0.29, 0.717) is 68.5 Å². The van der Waals surface area contributed by atoms with Crippen molar-refractivity contribution in [2.24, 2.45) is 4.99 Å². The number of rotatable bonds is 7. The number of nitrogens with zero attached hydrogens (tertiary/aromatic N) is 2. The number of halogens is 1. The molecule has 1 atom stereocenters. The predicted octanol–water partition coefficient (Wildman–Crippen LogP) is 1.25. The van der Waals surface area contributed by atoms with Crippen molar-refractivity contribution in [3.8, 4) is 11.5 Å². The van der Waals surface area contributed by atoms with E-state index in [2.05, 4.69) is 20.5 Å². The number of benzene rings is 1. The lowest BCUT2D eigenvalue weighted by atomic mass is 10.1. The van der Waals surface area contributed by atoms with E-state index >= 15 is 0 Å². The summed E-state index contributed by atoms with van der Waals surface area (Å²) in [5.41, 5.74) is 0.0462. The van der Waals surface area contributed by atoms with Crippen LogP contribution in [0.2, 0.25) is 5.02 Å². The molecule has 1 aromatic carbocycles. The van der Waals surface area contributed by atoms with E-state index < -0.39 is 5.60 Å². The number of β-amino-alcohol motifs (C(OH)–C–C–N with tert-alkyl or cyclic N) is 1. The van der Waals surface area contributed by atoms with E-state index in [4.69, 9.17) is 25.8 Å². The molecule has 0 radical (unpaired) electrons. The Morgan fingerprint density at radius 1 is 1.21 bits per heavy atom. The number of fused-ring (bicyclic) bond motifs is 1. The summed E-state index contributed by atoms with van der Waals surface area (Å²) in [5.74, 6) is 1.89. The fraction of sp³-hybridized carbons (Fsp3) is 0.650. The zero-order valence-corrected chi connectivity index (χ0v) is 17.9. The second-order valence-electron chi connectivity index (χ2n) is 7.54. The lowest BCUT2D eigenvalue weighted by molar-refractivity contribution is -0.0201. The van der Waals surface area contributed by atoms with Gasteiger partial charge in [-0.3, -0.25) is 4.90 Å². The molecule has 0 aliphatic carbocycles. The standard InChI is InChI=1S/C20H31ClN4O4/c1-3-22-19(24-13-20(2,26)14-25-4-6-27-7-5-25)23-12-15-10-16(21)18-17(11-15)28-8-9-29-18/h10-11,26H,3-9,12-14H2,1-2H3,(H2,22,23,24). The van der Waals surface area contributed by atoms with Gasteiger partial charge in [0.1, 0.15) is 13.2 Å². The fourth-order valence-corrected chi connectivity index (χ4v) is 3.63. The smallest absolute Gasteiger partial charge is 0.191 e. The van der Waals surface area contributed by atoms with Crippen LogP contribution < -0.4 is 20.1 Å². The molecule has 8 nitrogen and oxygen atoms in total. The first-order valence-corrected chi connectivity index (χ1v) is 10.5. The number of hydrogen-bond acceptors (Lipinski definition) is 6. The van der Waals surface area contributed by atoms with Crippen LogP contribution in [0, 0.1) is 0 Å². The molecule has 2 aliphatic rings. The Labute approximate surface area is 177 Å². The average Bonchev–Trinajstić information content (AvgIpc) is 2.70. The highest BCUT2D eigenvalue weighted by Crippen LogP contribution is 2.38. The van der Waals surface area contributed by atoms with E-state index in [-0.39, 0.29) is 0 Å². The highest BCUT2D eigenvalue weighted by Gasteiger charge is 2.25. The van der Waals surface area contributed by atoms with Crippen molar-refractivity contribution in [1.29, 1.82) is 0 Å². The van der Waals surface area contributed by atoms with Crippen molar-refractivity contribution in [2.45, 2.75) is 26.0 Å². The molecule has 0 amide bonds. The molecule has 9 heteroatoms. The molecule has 1 unspecified atom stereocenters. The number of nitrogens with one attached hydrogen (secondary N) is 2. The molecule has 162 valence electrons. The van der Waals surface area contributed by atoms with Crippen LogP contribution in [0.25, 0.3) is 0 Å². The molecule has 0 bridgehead atoms. The first-order valence-electron chi connectivity index (χ1n) is 10.1. The van der Waals surface area contributed by atoms with Crippen molar-refractivity contribution < 1.29 is 19.3 Å². The van der Waals surface area contributed by atoms with Crippen molar-refractivity contribution in [1.82, 2.24) is 15.5 Å². The van der Waals surface area contributed by atoms with Crippen molar-refractivity contribution in [2.75, 3.05) is 59.2 Å². The summed E-state index contributed by atoms with van der Waals surface area (Å²) in [6, 6.07) is 3.75. The monoisotopic (exact) mass is 426 g/mol. The van der Waals surface area contributed by atoms with Crippen LogP contribution in [0.3, 0.4) is 0 Å². The van der Waals surface area contributed by atoms with Gasteiger partial charge >= 0.3 is 0 Å². The van der Waals surface area contributed by atoms with Gasteiger partial charge in [-0.1, -0.05) is 11.6 Å². The first-order chi connectivity index (χ1) is 14.0. The molecular formula is C20H31ClN4O4. The van der Waals surface area contributed by atoms with Gasteiger partial charge in [-0.25, -0.2) is 4.99 Å². The Kier molecular flexibility index (Phi) is 7.83. The Hall–Kier alpha value is -1.74. The quantitative estimate of drug-likeness (QED) is 0.446. The van der Waals surface area contributed by atoms with Gasteiger partial charge in [0.2, 0.25) is 0 Å². The SMILES string of the molecule is CCNC(=NCc1cc(Cl)c2c(c1)OCCO2)NCC(C)(O)CN1CCOCC1. The lowest BCUT2D eigenvalue weighted by Crippen LogP contribution is -2.52. The van der Waals surface area contributed by atoms with Crippen LogP contribution >= 0.6 is 11.6 Å². The molecule has 29 heavy (non-hydrogen) atoms. The van der Waals surface area contributed by atoms with Gasteiger partial charge in [-0.05, 0) is 31.5 Å². The largest absolute Gasteiger partial charge is 0.486 e. The molecule has 0 saturated carbocycles. The summed E-state index contributed by atoms with van der Waals surface area (Å²) >= 11 is 6.31. The minimum absolute atomic E-state index is 0.387. The van der Waals surface area contributed by atoms with Gasteiger partial charge in [0.25, 0.3) is 0 Å². The molecule has 2 heterocycles. The van der Waals surface area contributed by atoms with E-state index in [1.165, 1.54) is 0 Å². The maximum absolute atomic E-state index is 10.8. The van der Waals surface area contributed by atoms with Crippen LogP contribution in [0.5, 0.6) is 11.5 Å². The molecule has 0 spiro atoms. The van der Waals surface area contributed by atoms with Crippen molar-refractivity contribution in [3.63, 3.8) is 0 Å². The van der Waals surface area contributed by atoms with Crippen molar-refractivity contribution >= 4 is 17.6 Å². The normalized spacial score (nSPS) is 19.5. The second-order valence-corrected chi connectivity index (χ2v) is 7.94. The van der Waals surface area contributed by atoms with Gasteiger partial charge in [0.05, 0.1) is 30.4 Å². The third-order valence-corrected chi connectivity index (χ3v) is 5.01. The molecule has 1 fully saturated rings. The number of aliphatic hydroxyl groups is 1. The van der Waals surface area contributed by atoms with Gasteiger partial charge in [0.15, 0.2) is 17.5 Å². The fourth-order valence-electron chi connectivity index (χ4n) is 3.34. The van der Waals surface area contributed by atoms with Gasteiger partial charge in [0, 0.05) is 32.7 Å². The summed E-state index contributed by atoms with van der Waals surface area (Å²) < 4.78 is 16.5. The maximum atomic E-state index is 10.8. The number of aliphatic imine (C=N–C) groups is 1. The number of hydrogen-bond donors (Lipinski definition) is 3. The third kappa shape index (κ3) is 6.64. The summed E-state index contributed by atoms with van der Waals surface area (Å²) in [4.78, 5) is 6.83. The lowest BCUT2D eigenvalue weighted by Gasteiger charge is -2.34. The summed E-state index contributed by atoms with van der Waals surface area (Å²) in [7, 11) is 0.